The fraction of sp³-hybridized carbons (Fsp3) is 0.176. The van der Waals surface area contributed by atoms with Gasteiger partial charge in [0.25, 0.3) is 0 Å². The van der Waals surface area contributed by atoms with E-state index >= 15 is 0 Å². The Bertz CT molecular complexity index is 748. The number of rotatable bonds is 3. The smallest absolute Gasteiger partial charge is 0.0688 e. The molecule has 0 spiro atoms. The first kappa shape index (κ1) is 13.8. The van der Waals surface area contributed by atoms with Crippen molar-refractivity contribution in [3.8, 4) is 0 Å². The summed E-state index contributed by atoms with van der Waals surface area (Å²) >= 11 is 5.45. The Balaban J connectivity index is 2.27. The molecule has 102 valence electrons. The van der Waals surface area contributed by atoms with Gasteiger partial charge in [0.2, 0.25) is 0 Å². The standard InChI is InChI=1S/C17H16BrNS/c1-11-7-8-12-5-3-4-6-13(12)15(11)16(19-2)17-14(18)9-10-20-17/h3-10,16,19H,1-2H3. The molecule has 1 atom stereocenters. The van der Waals surface area contributed by atoms with E-state index in [-0.39, 0.29) is 6.04 Å². The molecule has 3 aromatic rings. The fourth-order valence-electron chi connectivity index (χ4n) is 2.71. The second-order valence-electron chi connectivity index (χ2n) is 4.87. The van der Waals surface area contributed by atoms with Crippen molar-refractivity contribution in [3.63, 3.8) is 0 Å². The summed E-state index contributed by atoms with van der Waals surface area (Å²) < 4.78 is 1.18. The van der Waals surface area contributed by atoms with Gasteiger partial charge in [-0.2, -0.15) is 0 Å². The van der Waals surface area contributed by atoms with Crippen LogP contribution in [0, 0.1) is 6.92 Å². The zero-order valence-corrected chi connectivity index (χ0v) is 13.9. The summed E-state index contributed by atoms with van der Waals surface area (Å²) in [5.41, 5.74) is 2.69. The molecule has 2 aromatic carbocycles. The molecule has 0 amide bonds. The highest BCUT2D eigenvalue weighted by atomic mass is 79.9. The van der Waals surface area contributed by atoms with Crippen LogP contribution in [0.25, 0.3) is 10.8 Å². The van der Waals surface area contributed by atoms with Gasteiger partial charge < -0.3 is 5.32 Å². The van der Waals surface area contributed by atoms with Crippen molar-refractivity contribution < 1.29 is 0 Å². The number of aryl methyl sites for hydroxylation is 1. The number of hydrogen-bond acceptors (Lipinski definition) is 2. The maximum atomic E-state index is 3.66. The van der Waals surface area contributed by atoms with Crippen LogP contribution in [0.5, 0.6) is 0 Å². The number of benzene rings is 2. The molecule has 20 heavy (non-hydrogen) atoms. The summed E-state index contributed by atoms with van der Waals surface area (Å²) in [6, 6.07) is 15.3. The lowest BCUT2D eigenvalue weighted by molar-refractivity contribution is 0.702. The average molecular weight is 346 g/mol. The molecule has 0 aliphatic heterocycles. The van der Waals surface area contributed by atoms with Crippen LogP contribution in [-0.2, 0) is 0 Å². The lowest BCUT2D eigenvalue weighted by Gasteiger charge is -2.20. The number of thiophene rings is 1. The van der Waals surface area contributed by atoms with Crippen LogP contribution in [0.2, 0.25) is 0 Å². The first-order valence-electron chi connectivity index (χ1n) is 6.60. The molecule has 1 nitrogen and oxygen atoms in total. The number of nitrogens with one attached hydrogen (secondary N) is 1. The summed E-state index contributed by atoms with van der Waals surface area (Å²) in [6.45, 7) is 2.19. The van der Waals surface area contributed by atoms with Crippen molar-refractivity contribution in [2.75, 3.05) is 7.05 Å². The molecule has 3 rings (SSSR count). The van der Waals surface area contributed by atoms with E-state index in [0.29, 0.717) is 0 Å². The van der Waals surface area contributed by atoms with Crippen LogP contribution in [-0.4, -0.2) is 7.05 Å². The van der Waals surface area contributed by atoms with Gasteiger partial charge in [0, 0.05) is 9.35 Å². The zero-order chi connectivity index (χ0) is 14.1. The molecular weight excluding hydrogens is 330 g/mol. The molecule has 0 saturated carbocycles. The largest absolute Gasteiger partial charge is 0.309 e. The first-order valence-corrected chi connectivity index (χ1v) is 8.28. The van der Waals surface area contributed by atoms with Gasteiger partial charge in [-0.3, -0.25) is 0 Å². The lowest BCUT2D eigenvalue weighted by Crippen LogP contribution is -2.18. The highest BCUT2D eigenvalue weighted by Gasteiger charge is 2.20. The van der Waals surface area contributed by atoms with Crippen LogP contribution < -0.4 is 5.32 Å². The maximum absolute atomic E-state index is 3.66. The average Bonchev–Trinajstić information content (AvgIpc) is 2.88. The van der Waals surface area contributed by atoms with Crippen LogP contribution in [0.3, 0.4) is 0 Å². The van der Waals surface area contributed by atoms with Crippen LogP contribution >= 0.6 is 27.3 Å². The molecule has 0 aliphatic carbocycles. The summed E-state index contributed by atoms with van der Waals surface area (Å²) in [4.78, 5) is 1.33. The minimum Gasteiger partial charge on any atom is -0.309 e. The van der Waals surface area contributed by atoms with Crippen LogP contribution in [0.4, 0.5) is 0 Å². The van der Waals surface area contributed by atoms with E-state index in [1.165, 1.54) is 31.2 Å². The van der Waals surface area contributed by atoms with Gasteiger partial charge >= 0.3 is 0 Å². The van der Waals surface area contributed by atoms with Gasteiger partial charge in [0.1, 0.15) is 0 Å². The Hall–Kier alpha value is -1.16. The highest BCUT2D eigenvalue weighted by Crippen LogP contribution is 2.37. The van der Waals surface area contributed by atoms with E-state index in [0.717, 1.165) is 0 Å². The normalized spacial score (nSPS) is 12.8. The third kappa shape index (κ3) is 2.30. The van der Waals surface area contributed by atoms with E-state index in [1.807, 2.05) is 7.05 Å². The topological polar surface area (TPSA) is 12.0 Å². The minimum absolute atomic E-state index is 0.218. The minimum atomic E-state index is 0.218. The van der Waals surface area contributed by atoms with Crippen molar-refractivity contribution in [2.45, 2.75) is 13.0 Å². The molecule has 0 saturated heterocycles. The lowest BCUT2D eigenvalue weighted by atomic mass is 9.93. The van der Waals surface area contributed by atoms with E-state index in [4.69, 9.17) is 0 Å². The van der Waals surface area contributed by atoms with Gasteiger partial charge in [0.15, 0.2) is 0 Å². The number of hydrogen-bond donors (Lipinski definition) is 1. The molecule has 0 radical (unpaired) electrons. The third-order valence-electron chi connectivity index (χ3n) is 3.67. The zero-order valence-electron chi connectivity index (χ0n) is 11.5. The molecule has 1 aromatic heterocycles. The van der Waals surface area contributed by atoms with E-state index in [2.05, 4.69) is 76.0 Å². The maximum Gasteiger partial charge on any atom is 0.0688 e. The molecule has 1 unspecified atom stereocenters. The summed E-state index contributed by atoms with van der Waals surface area (Å²) in [5, 5.41) is 8.22. The monoisotopic (exact) mass is 345 g/mol. The predicted octanol–water partition coefficient (Wildman–Crippen LogP) is 5.28. The molecule has 3 heteroatoms. The first-order chi connectivity index (χ1) is 9.72. The van der Waals surface area contributed by atoms with E-state index < -0.39 is 0 Å². The Morgan fingerprint density at radius 3 is 2.60 bits per heavy atom. The van der Waals surface area contributed by atoms with Crippen molar-refractivity contribution in [3.05, 3.63) is 68.3 Å². The molecule has 0 fully saturated rings. The third-order valence-corrected chi connectivity index (χ3v) is 5.61. The summed E-state index contributed by atoms with van der Waals surface area (Å²) in [5.74, 6) is 0. The van der Waals surface area contributed by atoms with Crippen molar-refractivity contribution in [2.24, 2.45) is 0 Å². The van der Waals surface area contributed by atoms with Gasteiger partial charge in [-0.15, -0.1) is 11.3 Å². The van der Waals surface area contributed by atoms with Gasteiger partial charge in [0.05, 0.1) is 6.04 Å². The van der Waals surface area contributed by atoms with Crippen LogP contribution in [0.1, 0.15) is 22.0 Å². The van der Waals surface area contributed by atoms with Gasteiger partial charge in [-0.05, 0) is 63.2 Å². The van der Waals surface area contributed by atoms with E-state index in [9.17, 15) is 0 Å². The summed E-state index contributed by atoms with van der Waals surface area (Å²) in [6.07, 6.45) is 0. The van der Waals surface area contributed by atoms with Crippen molar-refractivity contribution in [1.82, 2.24) is 5.32 Å². The number of fused-ring (bicyclic) bond motifs is 1. The molecule has 0 aliphatic rings. The second-order valence-corrected chi connectivity index (χ2v) is 6.67. The Kier molecular flexibility index (Phi) is 3.92. The second kappa shape index (κ2) is 5.68. The summed E-state index contributed by atoms with van der Waals surface area (Å²) in [7, 11) is 2.03. The predicted molar refractivity (Wildman–Crippen MR) is 91.6 cm³/mol. The van der Waals surface area contributed by atoms with Crippen molar-refractivity contribution >= 4 is 38.0 Å². The molecule has 1 N–H and O–H groups in total. The Morgan fingerprint density at radius 2 is 1.90 bits per heavy atom. The molecule has 1 heterocycles. The Labute approximate surface area is 131 Å². The molecule has 0 bridgehead atoms. The SMILES string of the molecule is CNC(c1sccc1Br)c1c(C)ccc2ccccc12. The van der Waals surface area contributed by atoms with Crippen molar-refractivity contribution in [1.29, 1.82) is 0 Å². The van der Waals surface area contributed by atoms with Gasteiger partial charge in [-0.1, -0.05) is 36.4 Å². The quantitative estimate of drug-likeness (QED) is 0.680. The van der Waals surface area contributed by atoms with Crippen LogP contribution in [0.15, 0.2) is 52.3 Å². The van der Waals surface area contributed by atoms with E-state index in [1.54, 1.807) is 11.3 Å². The fourth-order valence-corrected chi connectivity index (χ4v) is 4.43. The number of halogens is 1. The highest BCUT2D eigenvalue weighted by molar-refractivity contribution is 9.10. The molecular formula is C17H16BrNS. The Morgan fingerprint density at radius 1 is 1.10 bits per heavy atom. The van der Waals surface area contributed by atoms with Gasteiger partial charge in [-0.25, -0.2) is 0 Å².